The van der Waals surface area contributed by atoms with E-state index in [-0.39, 0.29) is 12.0 Å². The smallest absolute Gasteiger partial charge is 0.156 e. The van der Waals surface area contributed by atoms with E-state index in [1.807, 2.05) is 31.2 Å². The summed E-state index contributed by atoms with van der Waals surface area (Å²) in [5, 5.41) is 10.0. The molecule has 1 atom stereocenters. The van der Waals surface area contributed by atoms with Gasteiger partial charge in [0.15, 0.2) is 5.82 Å². The van der Waals surface area contributed by atoms with Crippen LogP contribution in [0.25, 0.3) is 0 Å². The Morgan fingerprint density at radius 1 is 1.26 bits per heavy atom. The summed E-state index contributed by atoms with van der Waals surface area (Å²) in [6.45, 7) is 4.15. The molecule has 0 bridgehead atoms. The molecule has 0 radical (unpaired) electrons. The standard InChI is InChI=1S/C18H23N3O2/c1-14-10-17(20-16(19-14)11-23-2)21-9-8-18(12-21,13-22)15-6-4-3-5-7-15/h3-7,10,22H,8-9,11-13H2,1-2H3. The fraction of sp³-hybridized carbons (Fsp3) is 0.444. The van der Waals surface area contributed by atoms with Crippen LogP contribution in [0, 0.1) is 6.92 Å². The van der Waals surface area contributed by atoms with Crippen molar-refractivity contribution in [3.8, 4) is 0 Å². The van der Waals surface area contributed by atoms with E-state index in [1.54, 1.807) is 7.11 Å². The summed E-state index contributed by atoms with van der Waals surface area (Å²) in [7, 11) is 1.65. The lowest BCUT2D eigenvalue weighted by Gasteiger charge is -2.28. The van der Waals surface area contributed by atoms with Crippen LogP contribution >= 0.6 is 0 Å². The van der Waals surface area contributed by atoms with E-state index in [4.69, 9.17) is 4.74 Å². The van der Waals surface area contributed by atoms with Gasteiger partial charge < -0.3 is 14.7 Å². The zero-order chi connectivity index (χ0) is 16.3. The predicted molar refractivity (Wildman–Crippen MR) is 89.5 cm³/mol. The summed E-state index contributed by atoms with van der Waals surface area (Å²) in [4.78, 5) is 11.2. The number of nitrogens with zero attached hydrogens (tertiary/aromatic N) is 3. The number of hydrogen-bond acceptors (Lipinski definition) is 5. The molecule has 5 heteroatoms. The van der Waals surface area contributed by atoms with Gasteiger partial charge in [-0.15, -0.1) is 0 Å². The summed E-state index contributed by atoms with van der Waals surface area (Å²) < 4.78 is 5.15. The molecule has 122 valence electrons. The van der Waals surface area contributed by atoms with Crippen LogP contribution in [0.4, 0.5) is 5.82 Å². The molecule has 1 fully saturated rings. The number of aliphatic hydroxyl groups excluding tert-OH is 1. The molecule has 0 saturated carbocycles. The van der Waals surface area contributed by atoms with Gasteiger partial charge in [-0.3, -0.25) is 0 Å². The van der Waals surface area contributed by atoms with Gasteiger partial charge in [-0.05, 0) is 18.9 Å². The minimum absolute atomic E-state index is 0.141. The second kappa shape index (κ2) is 6.64. The van der Waals surface area contributed by atoms with Crippen LogP contribution in [-0.4, -0.2) is 41.9 Å². The fourth-order valence-corrected chi connectivity index (χ4v) is 3.28. The van der Waals surface area contributed by atoms with Crippen molar-refractivity contribution < 1.29 is 9.84 Å². The first-order valence-electron chi connectivity index (χ1n) is 7.92. The third-order valence-electron chi connectivity index (χ3n) is 4.53. The zero-order valence-electron chi connectivity index (χ0n) is 13.7. The molecule has 2 heterocycles. The lowest BCUT2D eigenvalue weighted by atomic mass is 9.80. The van der Waals surface area contributed by atoms with Crippen molar-refractivity contribution in [3.05, 3.63) is 53.5 Å². The van der Waals surface area contributed by atoms with Gasteiger partial charge in [0.2, 0.25) is 0 Å². The Morgan fingerprint density at radius 3 is 2.74 bits per heavy atom. The second-order valence-electron chi connectivity index (χ2n) is 6.19. The van der Waals surface area contributed by atoms with Crippen LogP contribution in [0.3, 0.4) is 0 Å². The normalized spacial score (nSPS) is 20.9. The largest absolute Gasteiger partial charge is 0.395 e. The van der Waals surface area contributed by atoms with Gasteiger partial charge in [-0.2, -0.15) is 0 Å². The highest BCUT2D eigenvalue weighted by molar-refractivity contribution is 5.44. The lowest BCUT2D eigenvalue weighted by Crippen LogP contribution is -2.35. The van der Waals surface area contributed by atoms with Crippen LogP contribution in [0.15, 0.2) is 36.4 Å². The predicted octanol–water partition coefficient (Wildman–Crippen LogP) is 2.07. The Kier molecular flexibility index (Phi) is 4.59. The molecule has 5 nitrogen and oxygen atoms in total. The highest BCUT2D eigenvalue weighted by atomic mass is 16.5. The summed E-state index contributed by atoms with van der Waals surface area (Å²) in [5.74, 6) is 1.61. The number of anilines is 1. The highest BCUT2D eigenvalue weighted by Gasteiger charge is 2.39. The van der Waals surface area contributed by atoms with E-state index in [0.29, 0.717) is 12.4 Å². The van der Waals surface area contributed by atoms with Gasteiger partial charge in [-0.1, -0.05) is 30.3 Å². The number of methoxy groups -OCH3 is 1. The minimum atomic E-state index is -0.221. The molecule has 0 aliphatic carbocycles. The zero-order valence-corrected chi connectivity index (χ0v) is 13.7. The highest BCUT2D eigenvalue weighted by Crippen LogP contribution is 2.36. The van der Waals surface area contributed by atoms with Gasteiger partial charge in [0, 0.05) is 37.4 Å². The van der Waals surface area contributed by atoms with Crippen LogP contribution in [0.2, 0.25) is 0 Å². The lowest BCUT2D eigenvalue weighted by molar-refractivity contribution is 0.177. The molecule has 1 N–H and O–H groups in total. The van der Waals surface area contributed by atoms with Crippen LogP contribution in [0.5, 0.6) is 0 Å². The van der Waals surface area contributed by atoms with Gasteiger partial charge in [0.1, 0.15) is 12.4 Å². The summed E-state index contributed by atoms with van der Waals surface area (Å²) in [6.07, 6.45) is 0.913. The van der Waals surface area contributed by atoms with Gasteiger partial charge >= 0.3 is 0 Å². The Labute approximate surface area is 137 Å². The van der Waals surface area contributed by atoms with E-state index in [9.17, 15) is 5.11 Å². The van der Waals surface area contributed by atoms with Crippen molar-refractivity contribution in [3.63, 3.8) is 0 Å². The molecule has 3 rings (SSSR count). The number of rotatable bonds is 5. The number of hydrogen-bond donors (Lipinski definition) is 1. The quantitative estimate of drug-likeness (QED) is 0.916. The number of benzene rings is 1. The number of ether oxygens (including phenoxy) is 1. The summed E-state index contributed by atoms with van der Waals surface area (Å²) in [5.41, 5.74) is 1.90. The van der Waals surface area contributed by atoms with Crippen LogP contribution < -0.4 is 4.90 Å². The molecule has 2 aromatic rings. The molecule has 1 aromatic heterocycles. The Morgan fingerprint density at radius 2 is 2.04 bits per heavy atom. The maximum atomic E-state index is 10.0. The van der Waals surface area contributed by atoms with E-state index >= 15 is 0 Å². The maximum Gasteiger partial charge on any atom is 0.156 e. The van der Waals surface area contributed by atoms with E-state index in [2.05, 4.69) is 27.0 Å². The fourth-order valence-electron chi connectivity index (χ4n) is 3.28. The number of aliphatic hydroxyl groups is 1. The Bertz CT molecular complexity index is 663. The van der Waals surface area contributed by atoms with Crippen molar-refractivity contribution >= 4 is 5.82 Å². The van der Waals surface area contributed by atoms with Crippen molar-refractivity contribution in [2.45, 2.75) is 25.4 Å². The van der Waals surface area contributed by atoms with E-state index < -0.39 is 0 Å². The third-order valence-corrected chi connectivity index (χ3v) is 4.53. The van der Waals surface area contributed by atoms with E-state index in [1.165, 1.54) is 5.56 Å². The summed E-state index contributed by atoms with van der Waals surface area (Å²) >= 11 is 0. The molecule has 1 aliphatic rings. The second-order valence-corrected chi connectivity index (χ2v) is 6.19. The first-order valence-corrected chi connectivity index (χ1v) is 7.92. The molecule has 1 aliphatic heterocycles. The van der Waals surface area contributed by atoms with E-state index in [0.717, 1.165) is 31.0 Å². The maximum absolute atomic E-state index is 10.0. The topological polar surface area (TPSA) is 58.5 Å². The van der Waals surface area contributed by atoms with Gasteiger partial charge in [0.05, 0.1) is 6.61 Å². The molecular formula is C18H23N3O2. The molecule has 23 heavy (non-hydrogen) atoms. The molecule has 1 saturated heterocycles. The molecule has 1 aromatic carbocycles. The minimum Gasteiger partial charge on any atom is -0.395 e. The molecule has 0 spiro atoms. The monoisotopic (exact) mass is 313 g/mol. The van der Waals surface area contributed by atoms with Crippen molar-refractivity contribution in [1.29, 1.82) is 0 Å². The van der Waals surface area contributed by atoms with Crippen molar-refractivity contribution in [2.24, 2.45) is 0 Å². The first kappa shape index (κ1) is 15.9. The Hall–Kier alpha value is -1.98. The third kappa shape index (κ3) is 3.21. The molecular weight excluding hydrogens is 290 g/mol. The molecule has 1 unspecified atom stereocenters. The van der Waals surface area contributed by atoms with Crippen LogP contribution in [0.1, 0.15) is 23.5 Å². The molecule has 0 amide bonds. The summed E-state index contributed by atoms with van der Waals surface area (Å²) in [6, 6.07) is 12.3. The van der Waals surface area contributed by atoms with Crippen molar-refractivity contribution in [1.82, 2.24) is 9.97 Å². The average molecular weight is 313 g/mol. The van der Waals surface area contributed by atoms with Gasteiger partial charge in [0.25, 0.3) is 0 Å². The van der Waals surface area contributed by atoms with Gasteiger partial charge in [-0.25, -0.2) is 9.97 Å². The Balaban J connectivity index is 1.87. The average Bonchev–Trinajstić information content (AvgIpc) is 3.01. The number of aromatic nitrogens is 2. The first-order chi connectivity index (χ1) is 11.2. The number of aryl methyl sites for hydroxylation is 1. The van der Waals surface area contributed by atoms with Crippen molar-refractivity contribution in [2.75, 3.05) is 31.7 Å². The van der Waals surface area contributed by atoms with Crippen LogP contribution in [-0.2, 0) is 16.8 Å². The SMILES string of the molecule is COCc1nc(C)cc(N2CCC(CO)(c3ccccc3)C2)n1.